The summed E-state index contributed by atoms with van der Waals surface area (Å²) in [4.78, 5) is 37.3. The van der Waals surface area contributed by atoms with Crippen LogP contribution in [0.3, 0.4) is 0 Å². The highest BCUT2D eigenvalue weighted by atomic mass is 32.1. The van der Waals surface area contributed by atoms with Gasteiger partial charge >= 0.3 is 11.8 Å². The molecule has 8 nitrogen and oxygen atoms in total. The summed E-state index contributed by atoms with van der Waals surface area (Å²) in [6.07, 6.45) is 0.936. The van der Waals surface area contributed by atoms with Gasteiger partial charge in [0.2, 0.25) is 0 Å². The third-order valence-corrected chi connectivity index (χ3v) is 6.23. The van der Waals surface area contributed by atoms with Crippen LogP contribution >= 0.6 is 11.3 Å². The van der Waals surface area contributed by atoms with Crippen LogP contribution in [0, 0.1) is 10.1 Å². The van der Waals surface area contributed by atoms with Gasteiger partial charge in [0.25, 0.3) is 5.69 Å². The zero-order chi connectivity index (χ0) is 22.5. The van der Waals surface area contributed by atoms with E-state index in [1.54, 1.807) is 11.3 Å². The molecule has 0 aliphatic carbocycles. The Balaban J connectivity index is 1.39. The van der Waals surface area contributed by atoms with E-state index in [0.717, 1.165) is 25.1 Å². The predicted molar refractivity (Wildman–Crippen MR) is 122 cm³/mol. The summed E-state index contributed by atoms with van der Waals surface area (Å²) in [6, 6.07) is 15.7. The molecule has 1 atom stereocenters. The van der Waals surface area contributed by atoms with Crippen LogP contribution in [0.15, 0.2) is 65.4 Å². The molecule has 0 bridgehead atoms. The predicted octanol–water partition coefficient (Wildman–Crippen LogP) is 3.51. The first-order valence-electron chi connectivity index (χ1n) is 10.2. The lowest BCUT2D eigenvalue weighted by Gasteiger charge is -2.35. The third kappa shape index (κ3) is 5.01. The number of carbonyl (C=O) groups is 2. The maximum atomic E-state index is 12.4. The molecule has 32 heavy (non-hydrogen) atoms. The Morgan fingerprint density at radius 2 is 1.81 bits per heavy atom. The molecular formula is C23H22N4O4S. The van der Waals surface area contributed by atoms with Crippen LogP contribution in [-0.4, -0.2) is 34.7 Å². The monoisotopic (exact) mass is 450 g/mol. The van der Waals surface area contributed by atoms with Crippen LogP contribution in [0.2, 0.25) is 0 Å². The van der Waals surface area contributed by atoms with Gasteiger partial charge in [0, 0.05) is 37.5 Å². The van der Waals surface area contributed by atoms with Gasteiger partial charge in [-0.15, -0.1) is 0 Å². The molecule has 1 aliphatic rings. The molecule has 1 aromatic heterocycles. The third-order valence-electron chi connectivity index (χ3n) is 5.53. The Kier molecular flexibility index (Phi) is 6.58. The van der Waals surface area contributed by atoms with Crippen molar-refractivity contribution in [2.24, 2.45) is 0 Å². The zero-order valence-corrected chi connectivity index (χ0v) is 18.0. The summed E-state index contributed by atoms with van der Waals surface area (Å²) in [7, 11) is 0. The molecule has 2 amide bonds. The first-order chi connectivity index (χ1) is 15.5. The number of nitrogens with one attached hydrogen (secondary N) is 2. The van der Waals surface area contributed by atoms with E-state index >= 15 is 0 Å². The van der Waals surface area contributed by atoms with E-state index in [9.17, 15) is 19.7 Å². The number of nitro groups is 1. The van der Waals surface area contributed by atoms with E-state index in [2.05, 4.69) is 39.1 Å². The van der Waals surface area contributed by atoms with Gasteiger partial charge in [-0.25, -0.2) is 0 Å². The van der Waals surface area contributed by atoms with E-state index in [-0.39, 0.29) is 11.7 Å². The van der Waals surface area contributed by atoms with Gasteiger partial charge in [0.15, 0.2) is 0 Å². The van der Waals surface area contributed by atoms with Gasteiger partial charge < -0.3 is 10.6 Å². The maximum Gasteiger partial charge on any atom is 0.313 e. The molecule has 0 saturated carbocycles. The van der Waals surface area contributed by atoms with Crippen LogP contribution in [0.4, 0.5) is 11.4 Å². The summed E-state index contributed by atoms with van der Waals surface area (Å²) in [6.45, 7) is 1.94. The zero-order valence-electron chi connectivity index (χ0n) is 17.2. The number of non-ortho nitro benzene ring substituents is 1. The van der Waals surface area contributed by atoms with Crippen molar-refractivity contribution in [1.82, 2.24) is 10.2 Å². The number of carbonyl (C=O) groups excluding carboxylic acids is 2. The molecule has 2 heterocycles. The number of amides is 2. The average Bonchev–Trinajstić information content (AvgIpc) is 3.34. The fraction of sp³-hybridized carbons (Fsp3) is 0.217. The molecule has 0 saturated heterocycles. The fourth-order valence-electron chi connectivity index (χ4n) is 3.83. The Bertz CT molecular complexity index is 1120. The minimum Gasteiger partial charge on any atom is -0.346 e. The highest BCUT2D eigenvalue weighted by Gasteiger charge is 2.26. The molecule has 0 spiro atoms. The highest BCUT2D eigenvalue weighted by Crippen LogP contribution is 2.28. The number of nitrogens with zero attached hydrogens (tertiary/aromatic N) is 2. The van der Waals surface area contributed by atoms with Crippen molar-refractivity contribution in [3.8, 4) is 0 Å². The number of thiophene rings is 1. The molecule has 2 aromatic carbocycles. The number of benzene rings is 2. The van der Waals surface area contributed by atoms with Crippen molar-refractivity contribution in [1.29, 1.82) is 0 Å². The normalized spacial score (nSPS) is 14.2. The summed E-state index contributed by atoms with van der Waals surface area (Å²) in [5, 5.41) is 20.0. The summed E-state index contributed by atoms with van der Waals surface area (Å²) in [5.41, 5.74) is 3.96. The Morgan fingerprint density at radius 3 is 2.50 bits per heavy atom. The van der Waals surface area contributed by atoms with Crippen LogP contribution in [-0.2, 0) is 22.6 Å². The molecule has 0 fully saturated rings. The van der Waals surface area contributed by atoms with Gasteiger partial charge in [-0.3, -0.25) is 24.6 Å². The topological polar surface area (TPSA) is 105 Å². The maximum absolute atomic E-state index is 12.4. The molecule has 9 heteroatoms. The Labute approximate surface area is 189 Å². The fourth-order valence-corrected chi connectivity index (χ4v) is 4.54. The molecular weight excluding hydrogens is 428 g/mol. The van der Waals surface area contributed by atoms with Gasteiger partial charge in [-0.2, -0.15) is 11.3 Å². The Morgan fingerprint density at radius 1 is 1.06 bits per heavy atom. The second-order valence-electron chi connectivity index (χ2n) is 7.53. The lowest BCUT2D eigenvalue weighted by Crippen LogP contribution is -2.43. The molecule has 1 unspecified atom stereocenters. The van der Waals surface area contributed by atoms with Crippen molar-refractivity contribution < 1.29 is 14.5 Å². The first-order valence-corrected chi connectivity index (χ1v) is 11.1. The molecule has 4 rings (SSSR count). The lowest BCUT2D eigenvalue weighted by molar-refractivity contribution is -0.384. The van der Waals surface area contributed by atoms with Crippen LogP contribution < -0.4 is 10.6 Å². The van der Waals surface area contributed by atoms with Crippen LogP contribution in [0.1, 0.15) is 22.7 Å². The Hall–Kier alpha value is -3.56. The van der Waals surface area contributed by atoms with E-state index in [4.69, 9.17) is 0 Å². The van der Waals surface area contributed by atoms with Gasteiger partial charge in [-0.05, 0) is 52.1 Å². The van der Waals surface area contributed by atoms with E-state index < -0.39 is 16.7 Å². The van der Waals surface area contributed by atoms with Crippen molar-refractivity contribution >= 4 is 34.5 Å². The highest BCUT2D eigenvalue weighted by molar-refractivity contribution is 7.08. The number of nitro benzene ring substituents is 1. The van der Waals surface area contributed by atoms with Gasteiger partial charge in [0.1, 0.15) is 0 Å². The minimum atomic E-state index is -0.813. The van der Waals surface area contributed by atoms with Crippen molar-refractivity contribution in [3.63, 3.8) is 0 Å². The molecule has 164 valence electrons. The summed E-state index contributed by atoms with van der Waals surface area (Å²) in [5.74, 6) is -1.56. The number of fused-ring (bicyclic) bond motifs is 1. The first kappa shape index (κ1) is 21.7. The van der Waals surface area contributed by atoms with Crippen LogP contribution in [0.25, 0.3) is 0 Å². The quantitative estimate of drug-likeness (QED) is 0.340. The molecule has 2 N–H and O–H groups in total. The SMILES string of the molecule is O=C(NCC(c1ccsc1)N1CCc2ccccc2C1)C(=O)Nc1ccc([N+](=O)[O-])cc1. The smallest absolute Gasteiger partial charge is 0.313 e. The van der Waals surface area contributed by atoms with Crippen molar-refractivity contribution in [2.75, 3.05) is 18.4 Å². The van der Waals surface area contributed by atoms with Crippen molar-refractivity contribution in [3.05, 3.63) is 92.2 Å². The molecule has 0 radical (unpaired) electrons. The lowest BCUT2D eigenvalue weighted by atomic mass is 9.97. The van der Waals surface area contributed by atoms with E-state index in [0.29, 0.717) is 12.2 Å². The molecule has 1 aliphatic heterocycles. The summed E-state index contributed by atoms with van der Waals surface area (Å²) >= 11 is 1.60. The number of hydrogen-bond acceptors (Lipinski definition) is 6. The van der Waals surface area contributed by atoms with E-state index in [1.807, 2.05) is 17.5 Å². The number of anilines is 1. The van der Waals surface area contributed by atoms with Crippen molar-refractivity contribution in [2.45, 2.75) is 19.0 Å². The van der Waals surface area contributed by atoms with E-state index in [1.165, 1.54) is 35.4 Å². The standard InChI is InChI=1S/C23H22N4O4S/c28-22(23(29)25-19-5-7-20(8-6-19)27(30)31)24-13-21(18-10-12-32-15-18)26-11-9-16-3-1-2-4-17(16)14-26/h1-8,10,12,15,21H,9,11,13-14H2,(H,24,28)(H,25,29). The van der Waals surface area contributed by atoms with Crippen LogP contribution in [0.5, 0.6) is 0 Å². The second kappa shape index (κ2) is 9.71. The molecule has 3 aromatic rings. The second-order valence-corrected chi connectivity index (χ2v) is 8.31. The van der Waals surface area contributed by atoms with Gasteiger partial charge in [-0.1, -0.05) is 24.3 Å². The minimum absolute atomic E-state index is 0.0502. The largest absolute Gasteiger partial charge is 0.346 e. The summed E-state index contributed by atoms with van der Waals surface area (Å²) < 4.78 is 0. The van der Waals surface area contributed by atoms with Gasteiger partial charge in [0.05, 0.1) is 11.0 Å². The average molecular weight is 451 g/mol. The number of rotatable bonds is 6. The number of hydrogen-bond donors (Lipinski definition) is 2.